The molecule has 0 aliphatic rings. The van der Waals surface area contributed by atoms with Gasteiger partial charge in [-0.05, 0) is 0 Å². The third-order valence-corrected chi connectivity index (χ3v) is 0. The van der Waals surface area contributed by atoms with Crippen molar-refractivity contribution in [2.45, 2.75) is 0 Å². The third kappa shape index (κ3) is 9.83. The number of rotatable bonds is 0. The molecule has 0 aliphatic heterocycles. The molecule has 0 aromatic heterocycles. The summed E-state index contributed by atoms with van der Waals surface area (Å²) < 4.78 is 0. The Morgan fingerprint density at radius 2 is 1.00 bits per heavy atom. The summed E-state index contributed by atoms with van der Waals surface area (Å²) in [6.07, 6.45) is 0. The Kier molecular flexibility index (Phi) is 91.5. The fourth-order valence-electron chi connectivity index (χ4n) is 0. The molecule has 0 spiro atoms. The first-order chi connectivity index (χ1) is 0. The van der Waals surface area contributed by atoms with Gasteiger partial charge in [-0.15, -0.1) is 0 Å². The van der Waals surface area contributed by atoms with Crippen molar-refractivity contribution in [2.75, 3.05) is 0 Å². The second-order valence-corrected chi connectivity index (χ2v) is 0. The zero-order valence-electron chi connectivity index (χ0n) is 0. The van der Waals surface area contributed by atoms with Gasteiger partial charge >= 0.3 is 142 Å². The fourth-order valence-corrected chi connectivity index (χ4v) is 0. The Hall–Kier alpha value is 4.66. The van der Waals surface area contributed by atoms with E-state index in [-0.39, 0.29) is 142 Å². The minimum atomic E-state index is 0. The molecule has 0 aromatic carbocycles. The fraction of sp³-hybridized carbons (Fsp3) is 0. The maximum atomic E-state index is 0. The van der Waals surface area contributed by atoms with Gasteiger partial charge < -0.3 is 0 Å². The van der Waals surface area contributed by atoms with Crippen LogP contribution < -0.4 is 0 Å². The molecule has 0 saturated heterocycles. The van der Waals surface area contributed by atoms with Gasteiger partial charge in [0.1, 0.15) is 0 Å². The molecular formula is H6CaKMgNa. The standard InChI is InChI=1S/Ca.K.Mg.Na.6H. The van der Waals surface area contributed by atoms with Gasteiger partial charge in [0.05, 0.1) is 0 Å². The second-order valence-electron chi connectivity index (χ2n) is 0. The summed E-state index contributed by atoms with van der Waals surface area (Å²) in [6.45, 7) is 0. The van der Waals surface area contributed by atoms with Crippen LogP contribution in [0.25, 0.3) is 0 Å². The summed E-state index contributed by atoms with van der Waals surface area (Å²) in [6, 6.07) is 0. The van der Waals surface area contributed by atoms with E-state index >= 15 is 0 Å². The average molecular weight is 133 g/mol. The van der Waals surface area contributed by atoms with E-state index < -0.39 is 0 Å². The van der Waals surface area contributed by atoms with E-state index in [0.29, 0.717) is 0 Å². The molecule has 0 aliphatic carbocycles. The van der Waals surface area contributed by atoms with E-state index in [2.05, 4.69) is 0 Å². The summed E-state index contributed by atoms with van der Waals surface area (Å²) >= 11 is 0. The molecular weight excluding hydrogens is 126 g/mol. The SMILES string of the molecule is [CaH2].[KH].[MgH2].[NaH]. The maximum absolute atomic E-state index is 0. The van der Waals surface area contributed by atoms with Crippen molar-refractivity contribution in [1.29, 1.82) is 0 Å². The van der Waals surface area contributed by atoms with Gasteiger partial charge in [0.15, 0.2) is 0 Å². The van der Waals surface area contributed by atoms with Crippen LogP contribution in [0, 0.1) is 0 Å². The molecule has 0 rings (SSSR count). The molecule has 0 bridgehead atoms. The Labute approximate surface area is 137 Å². The summed E-state index contributed by atoms with van der Waals surface area (Å²) in [5.74, 6) is 0. The molecule has 0 aromatic rings. The van der Waals surface area contributed by atoms with Gasteiger partial charge in [-0.1, -0.05) is 0 Å². The monoisotopic (exact) mass is 132 g/mol. The molecule has 12 valence electrons. The van der Waals surface area contributed by atoms with Crippen LogP contribution in [0.2, 0.25) is 0 Å². The van der Waals surface area contributed by atoms with Crippen molar-refractivity contribution in [3.05, 3.63) is 0 Å². The van der Waals surface area contributed by atoms with Crippen molar-refractivity contribution in [3.8, 4) is 0 Å². The van der Waals surface area contributed by atoms with E-state index in [1.807, 2.05) is 0 Å². The Morgan fingerprint density at radius 3 is 1.00 bits per heavy atom. The predicted octanol–water partition coefficient (Wildman–Crippen LogP) is -3.13. The first kappa shape index (κ1) is 23.4. The molecule has 0 unspecified atom stereocenters. The van der Waals surface area contributed by atoms with Gasteiger partial charge in [-0.2, -0.15) is 0 Å². The quantitative estimate of drug-likeness (QED) is 0.306. The van der Waals surface area contributed by atoms with E-state index in [0.717, 1.165) is 0 Å². The molecule has 0 nitrogen and oxygen atoms in total. The minimum absolute atomic E-state index is 0. The summed E-state index contributed by atoms with van der Waals surface area (Å²) in [5, 5.41) is 0. The van der Waals surface area contributed by atoms with Crippen LogP contribution in [0.15, 0.2) is 0 Å². The Bertz CT molecular complexity index is 8.00. The van der Waals surface area contributed by atoms with Crippen LogP contribution in [-0.4, -0.2) is 142 Å². The van der Waals surface area contributed by atoms with Gasteiger partial charge in [0, 0.05) is 0 Å². The molecule has 0 N–H and O–H groups in total. The number of hydrogen-bond donors (Lipinski definition) is 0. The van der Waals surface area contributed by atoms with Crippen molar-refractivity contribution in [1.82, 2.24) is 0 Å². The van der Waals surface area contributed by atoms with Crippen LogP contribution in [0.5, 0.6) is 0 Å². The average Bonchev–Trinajstić information content (AvgIpc) is 0. The van der Waals surface area contributed by atoms with Crippen molar-refractivity contribution >= 4 is 142 Å². The Morgan fingerprint density at radius 1 is 1.00 bits per heavy atom. The van der Waals surface area contributed by atoms with Crippen LogP contribution in [0.3, 0.4) is 0 Å². The van der Waals surface area contributed by atoms with Gasteiger partial charge in [-0.25, -0.2) is 0 Å². The summed E-state index contributed by atoms with van der Waals surface area (Å²) in [4.78, 5) is 0. The van der Waals surface area contributed by atoms with Crippen LogP contribution in [-0.2, 0) is 0 Å². The topological polar surface area (TPSA) is 0 Å². The zero-order chi connectivity index (χ0) is 0. The van der Waals surface area contributed by atoms with Gasteiger partial charge in [0.25, 0.3) is 0 Å². The normalized spacial score (nSPS) is 0. The second kappa shape index (κ2) is 15.6. The molecule has 0 amide bonds. The van der Waals surface area contributed by atoms with E-state index in [1.165, 1.54) is 0 Å². The van der Waals surface area contributed by atoms with Crippen molar-refractivity contribution in [2.24, 2.45) is 0 Å². The van der Waals surface area contributed by atoms with E-state index in [1.54, 1.807) is 0 Å². The summed E-state index contributed by atoms with van der Waals surface area (Å²) in [5.41, 5.74) is 0. The van der Waals surface area contributed by atoms with Crippen LogP contribution in [0.1, 0.15) is 0 Å². The molecule has 4 heteroatoms. The van der Waals surface area contributed by atoms with Crippen molar-refractivity contribution < 1.29 is 0 Å². The summed E-state index contributed by atoms with van der Waals surface area (Å²) in [7, 11) is 0. The number of hydrogen-bond acceptors (Lipinski definition) is 0. The van der Waals surface area contributed by atoms with Crippen LogP contribution >= 0.6 is 0 Å². The molecule has 0 saturated carbocycles. The molecule has 0 atom stereocenters. The first-order valence-corrected chi connectivity index (χ1v) is 0. The van der Waals surface area contributed by atoms with Crippen LogP contribution in [0.4, 0.5) is 0 Å². The Balaban J connectivity index is 0. The van der Waals surface area contributed by atoms with Gasteiger partial charge in [-0.3, -0.25) is 0 Å². The molecule has 0 fully saturated rings. The molecule has 4 heavy (non-hydrogen) atoms. The van der Waals surface area contributed by atoms with Gasteiger partial charge in [0.2, 0.25) is 0 Å². The van der Waals surface area contributed by atoms with E-state index in [9.17, 15) is 0 Å². The first-order valence-electron chi connectivity index (χ1n) is 0. The zero-order valence-corrected chi connectivity index (χ0v) is 0. The van der Waals surface area contributed by atoms with Crippen molar-refractivity contribution in [3.63, 3.8) is 0 Å². The van der Waals surface area contributed by atoms with E-state index in [4.69, 9.17) is 0 Å². The molecule has 0 heterocycles. The third-order valence-electron chi connectivity index (χ3n) is 0. The predicted molar refractivity (Wildman–Crippen MR) is 31.4 cm³/mol. The molecule has 0 radical (unpaired) electrons.